The number of allylic oxidation sites excluding steroid dienone is 6. The monoisotopic (exact) mass is 422 g/mol. The van der Waals surface area contributed by atoms with Gasteiger partial charge in [0.1, 0.15) is 0 Å². The number of ketones is 1. The summed E-state index contributed by atoms with van der Waals surface area (Å²) in [4.78, 5) is 12.1. The van der Waals surface area contributed by atoms with Gasteiger partial charge in [0.2, 0.25) is 0 Å². The molecule has 1 heteroatoms. The van der Waals surface area contributed by atoms with Crippen LogP contribution in [0.15, 0.2) is 36.0 Å². The maximum absolute atomic E-state index is 12.1. The fourth-order valence-corrected chi connectivity index (χ4v) is 7.98. The van der Waals surface area contributed by atoms with Crippen molar-refractivity contribution < 1.29 is 4.79 Å². The molecule has 0 aromatic carbocycles. The maximum atomic E-state index is 12.1. The van der Waals surface area contributed by atoms with Gasteiger partial charge in [-0.15, -0.1) is 0 Å². The van der Waals surface area contributed by atoms with E-state index in [9.17, 15) is 4.79 Å². The molecule has 0 N–H and O–H groups in total. The van der Waals surface area contributed by atoms with Crippen molar-refractivity contribution in [3.05, 3.63) is 36.0 Å². The Kier molecular flexibility index (Phi) is 6.46. The van der Waals surface area contributed by atoms with Crippen LogP contribution >= 0.6 is 0 Å². The number of hydrogen-bond acceptors (Lipinski definition) is 1. The summed E-state index contributed by atoms with van der Waals surface area (Å²) >= 11 is 0. The third-order valence-corrected chi connectivity index (χ3v) is 10.5. The molecule has 2 fully saturated rings. The Hall–Kier alpha value is -1.11. The minimum absolute atomic E-state index is 0.217. The van der Waals surface area contributed by atoms with Crippen molar-refractivity contribution in [1.29, 1.82) is 0 Å². The Morgan fingerprint density at radius 2 is 1.71 bits per heavy atom. The number of carbonyl (C=O) groups excluding carboxylic acids is 1. The molecule has 0 saturated heterocycles. The lowest BCUT2D eigenvalue weighted by Gasteiger charge is -2.59. The molecule has 0 amide bonds. The van der Waals surface area contributed by atoms with Crippen LogP contribution in [0.4, 0.5) is 0 Å². The van der Waals surface area contributed by atoms with Gasteiger partial charge in [0.05, 0.1) is 0 Å². The third kappa shape index (κ3) is 4.04. The zero-order chi connectivity index (χ0) is 22.4. The molecule has 0 aliphatic heterocycles. The summed E-state index contributed by atoms with van der Waals surface area (Å²) in [5, 5.41) is 0. The van der Waals surface area contributed by atoms with Gasteiger partial charge in [-0.05, 0) is 96.0 Å². The zero-order valence-electron chi connectivity index (χ0n) is 21.0. The first-order valence-electron chi connectivity index (χ1n) is 13.3. The van der Waals surface area contributed by atoms with Crippen molar-refractivity contribution in [2.24, 2.45) is 52.3 Å². The molecule has 31 heavy (non-hydrogen) atoms. The molecule has 2 saturated carbocycles. The van der Waals surface area contributed by atoms with E-state index >= 15 is 0 Å². The molecule has 0 aromatic heterocycles. The molecule has 0 heterocycles. The van der Waals surface area contributed by atoms with E-state index in [-0.39, 0.29) is 5.41 Å². The summed E-state index contributed by atoms with van der Waals surface area (Å²) in [5.74, 6) is 5.38. The summed E-state index contributed by atoms with van der Waals surface area (Å²) in [7, 11) is 0. The first-order chi connectivity index (χ1) is 14.7. The summed E-state index contributed by atoms with van der Waals surface area (Å²) in [6.07, 6.45) is 22.0. The van der Waals surface area contributed by atoms with Gasteiger partial charge in [0.15, 0.2) is 5.78 Å². The topological polar surface area (TPSA) is 17.1 Å². The number of hydrogen-bond donors (Lipinski definition) is 0. The largest absolute Gasteiger partial charge is 0.295 e. The maximum Gasteiger partial charge on any atom is 0.156 e. The van der Waals surface area contributed by atoms with Crippen LogP contribution in [0.5, 0.6) is 0 Å². The summed E-state index contributed by atoms with van der Waals surface area (Å²) < 4.78 is 0. The zero-order valence-corrected chi connectivity index (χ0v) is 21.0. The van der Waals surface area contributed by atoms with E-state index in [0.717, 1.165) is 30.6 Å². The molecule has 1 nitrogen and oxygen atoms in total. The van der Waals surface area contributed by atoms with E-state index in [4.69, 9.17) is 0 Å². The predicted molar refractivity (Wildman–Crippen MR) is 132 cm³/mol. The van der Waals surface area contributed by atoms with Crippen molar-refractivity contribution in [2.45, 2.75) is 92.9 Å². The normalized spacial score (nSPS) is 42.4. The average Bonchev–Trinajstić information content (AvgIpc) is 2.90. The first-order valence-corrected chi connectivity index (χ1v) is 13.3. The van der Waals surface area contributed by atoms with Crippen molar-refractivity contribution in [3.63, 3.8) is 0 Å². The summed E-state index contributed by atoms with van der Waals surface area (Å²) in [6.45, 7) is 14.7. The number of carbonyl (C=O) groups is 1. The van der Waals surface area contributed by atoms with Crippen molar-refractivity contribution in [1.82, 2.24) is 0 Å². The van der Waals surface area contributed by atoms with Crippen molar-refractivity contribution >= 4 is 5.78 Å². The Labute approximate surface area is 191 Å². The van der Waals surface area contributed by atoms with Crippen LogP contribution in [0, 0.1) is 52.3 Å². The summed E-state index contributed by atoms with van der Waals surface area (Å²) in [5.41, 5.74) is 1.99. The highest BCUT2D eigenvalue weighted by molar-refractivity contribution is 5.92. The van der Waals surface area contributed by atoms with Crippen LogP contribution in [-0.4, -0.2) is 5.78 Å². The average molecular weight is 423 g/mol. The molecule has 4 rings (SSSR count). The van der Waals surface area contributed by atoms with E-state index in [0.29, 0.717) is 34.9 Å². The second kappa shape index (κ2) is 8.68. The highest BCUT2D eigenvalue weighted by atomic mass is 16.1. The van der Waals surface area contributed by atoms with Gasteiger partial charge < -0.3 is 0 Å². The third-order valence-electron chi connectivity index (χ3n) is 10.5. The molecule has 4 aliphatic rings. The quantitative estimate of drug-likeness (QED) is 0.417. The van der Waals surface area contributed by atoms with E-state index in [1.165, 1.54) is 44.1 Å². The highest BCUT2D eigenvalue weighted by Crippen LogP contribution is 2.64. The molecule has 0 radical (unpaired) electrons. The molecule has 172 valence electrons. The van der Waals surface area contributed by atoms with Crippen LogP contribution in [0.2, 0.25) is 0 Å². The van der Waals surface area contributed by atoms with Gasteiger partial charge >= 0.3 is 0 Å². The van der Waals surface area contributed by atoms with Gasteiger partial charge in [-0.2, -0.15) is 0 Å². The van der Waals surface area contributed by atoms with Crippen LogP contribution in [0.1, 0.15) is 92.9 Å². The molecular formula is C30H46O. The molecule has 8 atom stereocenters. The van der Waals surface area contributed by atoms with Gasteiger partial charge in [-0.3, -0.25) is 4.79 Å². The molecular weight excluding hydrogens is 376 g/mol. The highest BCUT2D eigenvalue weighted by Gasteiger charge is 2.56. The predicted octanol–water partition coefficient (Wildman–Crippen LogP) is 8.18. The van der Waals surface area contributed by atoms with Crippen molar-refractivity contribution in [3.8, 4) is 0 Å². The van der Waals surface area contributed by atoms with E-state index < -0.39 is 0 Å². The molecule has 4 aliphatic carbocycles. The fourth-order valence-electron chi connectivity index (χ4n) is 7.98. The van der Waals surface area contributed by atoms with Gasteiger partial charge in [0, 0.05) is 6.42 Å². The smallest absolute Gasteiger partial charge is 0.156 e. The standard InChI is InChI=1S/C30H46O/c1-20(2)21(3)11-12-22(4)26-9-7-8-10-27-25-14-13-23-19-24(31)15-17-29(23,5)28(25)16-18-30(26,27)6/h11-14,19-22,25-28H,7-10,15-18H2,1-6H3/b12-11+. The lowest BCUT2D eigenvalue weighted by molar-refractivity contribution is -0.116. The molecule has 0 aromatic rings. The van der Waals surface area contributed by atoms with Crippen LogP contribution in [0.25, 0.3) is 0 Å². The lowest BCUT2D eigenvalue weighted by Crippen LogP contribution is -2.51. The van der Waals surface area contributed by atoms with E-state index in [1.807, 2.05) is 6.08 Å². The Morgan fingerprint density at radius 3 is 2.45 bits per heavy atom. The van der Waals surface area contributed by atoms with Crippen LogP contribution in [0.3, 0.4) is 0 Å². The fraction of sp³-hybridized carbons (Fsp3) is 0.767. The molecule has 0 bridgehead atoms. The SMILES string of the molecule is CC(C)C(C)/C=C/C(C)C1CCCCC2C3C=CC4=CC(=O)CCC4(C)C3CCC12C. The van der Waals surface area contributed by atoms with Gasteiger partial charge in [0.25, 0.3) is 0 Å². The van der Waals surface area contributed by atoms with Crippen LogP contribution in [-0.2, 0) is 4.79 Å². The first kappa shape index (κ1) is 23.1. The lowest BCUT2D eigenvalue weighted by atomic mass is 9.46. The Bertz CT molecular complexity index is 769. The van der Waals surface area contributed by atoms with Crippen molar-refractivity contribution in [2.75, 3.05) is 0 Å². The minimum Gasteiger partial charge on any atom is -0.295 e. The van der Waals surface area contributed by atoms with E-state index in [1.54, 1.807) is 0 Å². The number of fused-ring (bicyclic) bond motifs is 5. The molecule has 0 spiro atoms. The second-order valence-corrected chi connectivity index (χ2v) is 12.4. The molecule has 8 unspecified atom stereocenters. The minimum atomic E-state index is 0.217. The van der Waals surface area contributed by atoms with Gasteiger partial charge in [-0.25, -0.2) is 0 Å². The Morgan fingerprint density at radius 1 is 0.968 bits per heavy atom. The second-order valence-electron chi connectivity index (χ2n) is 12.4. The summed E-state index contributed by atoms with van der Waals surface area (Å²) in [6, 6.07) is 0. The van der Waals surface area contributed by atoms with Crippen LogP contribution < -0.4 is 0 Å². The Balaban J connectivity index is 1.63. The van der Waals surface area contributed by atoms with E-state index in [2.05, 4.69) is 65.8 Å². The van der Waals surface area contributed by atoms with Gasteiger partial charge in [-0.1, -0.05) is 78.7 Å². The number of rotatable bonds is 4.